The normalized spacial score (nSPS) is 14.9. The van der Waals surface area contributed by atoms with Gasteiger partial charge < -0.3 is 19.1 Å². The monoisotopic (exact) mass is 291 g/mol. The molecule has 0 aromatic heterocycles. The van der Waals surface area contributed by atoms with Crippen molar-refractivity contribution >= 4 is 17.6 Å². The van der Waals surface area contributed by atoms with Crippen molar-refractivity contribution in [3.8, 4) is 0 Å². The summed E-state index contributed by atoms with van der Waals surface area (Å²) in [4.78, 5) is 25.5. The van der Waals surface area contributed by atoms with Crippen LogP contribution in [0.15, 0.2) is 35.5 Å². The highest BCUT2D eigenvalue weighted by molar-refractivity contribution is 6.03. The molecule has 1 aliphatic rings. The van der Waals surface area contributed by atoms with Crippen LogP contribution in [-0.4, -0.2) is 39.5 Å². The van der Waals surface area contributed by atoms with Crippen molar-refractivity contribution in [1.82, 2.24) is 0 Å². The fourth-order valence-electron chi connectivity index (χ4n) is 2.14. The van der Waals surface area contributed by atoms with Gasteiger partial charge in [-0.2, -0.15) is 0 Å². The van der Waals surface area contributed by atoms with Crippen LogP contribution in [0.1, 0.15) is 5.56 Å². The zero-order chi connectivity index (χ0) is 15.4. The van der Waals surface area contributed by atoms with Gasteiger partial charge in [0.05, 0.1) is 26.4 Å². The molecule has 0 saturated heterocycles. The molecule has 1 aromatic carbocycles. The van der Waals surface area contributed by atoms with Crippen LogP contribution in [0.3, 0.4) is 0 Å². The minimum absolute atomic E-state index is 0.0133. The zero-order valence-corrected chi connectivity index (χ0v) is 12.2. The summed E-state index contributed by atoms with van der Waals surface area (Å²) in [5, 5.41) is 0. The molecule has 6 heteroatoms. The Morgan fingerprint density at radius 3 is 2.52 bits per heavy atom. The lowest BCUT2D eigenvalue weighted by Crippen LogP contribution is -2.38. The van der Waals surface area contributed by atoms with Crippen molar-refractivity contribution in [2.75, 3.05) is 32.5 Å². The average molecular weight is 291 g/mol. The molecular weight excluding hydrogens is 274 g/mol. The number of ether oxygens (including phenoxy) is 3. The van der Waals surface area contributed by atoms with Gasteiger partial charge in [-0.25, -0.2) is 9.59 Å². The predicted octanol–water partition coefficient (Wildman–Crippen LogP) is 1.39. The number of rotatable bonds is 3. The van der Waals surface area contributed by atoms with E-state index in [0.717, 1.165) is 11.3 Å². The maximum Gasteiger partial charge on any atom is 0.355 e. The highest BCUT2D eigenvalue weighted by Gasteiger charge is 2.32. The standard InChI is InChI=1S/C15H17NO5/c1-10-5-4-6-11(7-10)16-9-21-8-12(14(17)19-2)13(16)15(18)20-3/h4-7H,8-9H2,1-3H3. The third-order valence-electron chi connectivity index (χ3n) is 3.15. The molecule has 0 amide bonds. The minimum Gasteiger partial charge on any atom is -0.466 e. The Kier molecular flexibility index (Phi) is 4.59. The molecule has 0 N–H and O–H groups in total. The van der Waals surface area contributed by atoms with Gasteiger partial charge in [0.2, 0.25) is 0 Å². The Balaban J connectivity index is 2.53. The van der Waals surface area contributed by atoms with Crippen LogP contribution in [-0.2, 0) is 23.8 Å². The second-order valence-electron chi connectivity index (χ2n) is 4.55. The van der Waals surface area contributed by atoms with Crippen LogP contribution < -0.4 is 4.90 Å². The molecule has 0 spiro atoms. The van der Waals surface area contributed by atoms with Crippen LogP contribution in [0.4, 0.5) is 5.69 Å². The van der Waals surface area contributed by atoms with Crippen molar-refractivity contribution < 1.29 is 23.8 Å². The molecule has 2 rings (SSSR count). The van der Waals surface area contributed by atoms with Gasteiger partial charge >= 0.3 is 11.9 Å². The molecule has 6 nitrogen and oxygen atoms in total. The van der Waals surface area contributed by atoms with E-state index < -0.39 is 11.9 Å². The summed E-state index contributed by atoms with van der Waals surface area (Å²) >= 11 is 0. The molecule has 0 saturated carbocycles. The molecule has 1 aromatic rings. The largest absolute Gasteiger partial charge is 0.466 e. The summed E-state index contributed by atoms with van der Waals surface area (Å²) in [6, 6.07) is 7.54. The summed E-state index contributed by atoms with van der Waals surface area (Å²) < 4.78 is 14.9. The number of carbonyl (C=O) groups is 2. The van der Waals surface area contributed by atoms with Crippen molar-refractivity contribution in [2.24, 2.45) is 0 Å². The summed E-state index contributed by atoms with van der Waals surface area (Å²) in [7, 11) is 2.53. The summed E-state index contributed by atoms with van der Waals surface area (Å²) in [5.74, 6) is -1.20. The Labute approximate surface area is 122 Å². The lowest BCUT2D eigenvalue weighted by atomic mass is 10.1. The minimum atomic E-state index is -0.604. The van der Waals surface area contributed by atoms with Crippen molar-refractivity contribution in [3.63, 3.8) is 0 Å². The van der Waals surface area contributed by atoms with Gasteiger partial charge in [0, 0.05) is 5.69 Å². The van der Waals surface area contributed by atoms with Gasteiger partial charge in [-0.3, -0.25) is 0 Å². The van der Waals surface area contributed by atoms with Gasteiger partial charge in [0.25, 0.3) is 0 Å². The molecule has 1 heterocycles. The number of benzene rings is 1. The quantitative estimate of drug-likeness (QED) is 0.784. The topological polar surface area (TPSA) is 65.1 Å². The van der Waals surface area contributed by atoms with E-state index in [-0.39, 0.29) is 24.6 Å². The lowest BCUT2D eigenvalue weighted by Gasteiger charge is -2.31. The molecule has 21 heavy (non-hydrogen) atoms. The molecule has 1 aliphatic heterocycles. The first-order valence-corrected chi connectivity index (χ1v) is 6.40. The first-order valence-electron chi connectivity index (χ1n) is 6.40. The van der Waals surface area contributed by atoms with Crippen LogP contribution in [0, 0.1) is 6.92 Å². The first kappa shape index (κ1) is 15.1. The smallest absolute Gasteiger partial charge is 0.355 e. The maximum absolute atomic E-state index is 12.1. The van der Waals surface area contributed by atoms with Crippen LogP contribution in [0.2, 0.25) is 0 Å². The fourth-order valence-corrected chi connectivity index (χ4v) is 2.14. The Morgan fingerprint density at radius 1 is 1.19 bits per heavy atom. The number of anilines is 1. The fraction of sp³-hybridized carbons (Fsp3) is 0.333. The molecule has 0 aliphatic carbocycles. The summed E-state index contributed by atoms with van der Waals surface area (Å²) in [6.07, 6.45) is 0. The second kappa shape index (κ2) is 6.41. The number of aryl methyl sites for hydroxylation is 1. The second-order valence-corrected chi connectivity index (χ2v) is 4.55. The molecule has 0 radical (unpaired) electrons. The predicted molar refractivity (Wildman–Crippen MR) is 75.5 cm³/mol. The van der Waals surface area contributed by atoms with Crippen LogP contribution >= 0.6 is 0 Å². The molecule has 0 atom stereocenters. The molecular formula is C15H17NO5. The summed E-state index contributed by atoms with van der Waals surface area (Å²) in [6.45, 7) is 2.12. The van der Waals surface area contributed by atoms with E-state index in [1.54, 1.807) is 4.90 Å². The van der Waals surface area contributed by atoms with E-state index in [9.17, 15) is 9.59 Å². The van der Waals surface area contributed by atoms with Crippen molar-refractivity contribution in [3.05, 3.63) is 41.1 Å². The van der Waals surface area contributed by atoms with Crippen molar-refractivity contribution in [1.29, 1.82) is 0 Å². The number of esters is 2. The first-order chi connectivity index (χ1) is 10.1. The van der Waals surface area contributed by atoms with Gasteiger partial charge in [0.15, 0.2) is 0 Å². The van der Waals surface area contributed by atoms with Crippen LogP contribution in [0.25, 0.3) is 0 Å². The zero-order valence-electron chi connectivity index (χ0n) is 12.2. The number of methoxy groups -OCH3 is 2. The SMILES string of the molecule is COC(=O)C1=C(C(=O)OC)N(c2cccc(C)c2)COC1. The van der Waals surface area contributed by atoms with Crippen molar-refractivity contribution in [2.45, 2.75) is 6.92 Å². The van der Waals surface area contributed by atoms with E-state index in [2.05, 4.69) is 0 Å². The van der Waals surface area contributed by atoms with E-state index >= 15 is 0 Å². The van der Waals surface area contributed by atoms with Gasteiger partial charge in [-0.05, 0) is 24.6 Å². The number of hydrogen-bond acceptors (Lipinski definition) is 6. The number of nitrogens with zero attached hydrogens (tertiary/aromatic N) is 1. The van der Waals surface area contributed by atoms with E-state index in [1.165, 1.54) is 14.2 Å². The maximum atomic E-state index is 12.1. The Hall–Kier alpha value is -2.34. The molecule has 0 unspecified atom stereocenters. The Bertz CT molecular complexity index is 593. The molecule has 0 fully saturated rings. The highest BCUT2D eigenvalue weighted by Crippen LogP contribution is 2.27. The summed E-state index contributed by atoms with van der Waals surface area (Å²) in [5.41, 5.74) is 2.08. The van der Waals surface area contributed by atoms with Gasteiger partial charge in [0.1, 0.15) is 12.4 Å². The average Bonchev–Trinajstić information content (AvgIpc) is 2.52. The third kappa shape index (κ3) is 3.05. The van der Waals surface area contributed by atoms with Crippen LogP contribution in [0.5, 0.6) is 0 Å². The Morgan fingerprint density at radius 2 is 1.90 bits per heavy atom. The highest BCUT2D eigenvalue weighted by atomic mass is 16.5. The van der Waals surface area contributed by atoms with Gasteiger partial charge in [-0.15, -0.1) is 0 Å². The molecule has 112 valence electrons. The number of hydrogen-bond donors (Lipinski definition) is 0. The third-order valence-corrected chi connectivity index (χ3v) is 3.15. The number of carbonyl (C=O) groups excluding carboxylic acids is 2. The van der Waals surface area contributed by atoms with E-state index in [0.29, 0.717) is 0 Å². The van der Waals surface area contributed by atoms with E-state index in [1.807, 2.05) is 31.2 Å². The van der Waals surface area contributed by atoms with Gasteiger partial charge in [-0.1, -0.05) is 12.1 Å². The van der Waals surface area contributed by atoms with E-state index in [4.69, 9.17) is 14.2 Å². The molecule has 0 bridgehead atoms. The lowest BCUT2D eigenvalue weighted by molar-refractivity contribution is -0.140.